The van der Waals surface area contributed by atoms with Crippen LogP contribution in [0.2, 0.25) is 0 Å². The monoisotopic (exact) mass is 841 g/mol. The van der Waals surface area contributed by atoms with Crippen LogP contribution in [-0.2, 0) is 20.0 Å². The van der Waals surface area contributed by atoms with Gasteiger partial charge in [-0.15, -0.1) is 6.58 Å². The molecule has 0 saturated carbocycles. The molecule has 4 aliphatic heterocycles. The predicted molar refractivity (Wildman–Crippen MR) is 233 cm³/mol. The molecular formula is C45H51N11O6. The lowest BCUT2D eigenvalue weighted by molar-refractivity contribution is -0.136. The summed E-state index contributed by atoms with van der Waals surface area (Å²) in [6.07, 6.45) is 4.20. The third kappa shape index (κ3) is 8.32. The first kappa shape index (κ1) is 42.0. The summed E-state index contributed by atoms with van der Waals surface area (Å²) >= 11 is 0. The smallest absolute Gasteiger partial charge is 0.262 e. The van der Waals surface area contributed by atoms with E-state index in [1.807, 2.05) is 19.1 Å². The Bertz CT molecular complexity index is 2440. The summed E-state index contributed by atoms with van der Waals surface area (Å²) in [6.45, 7) is 17.5. The van der Waals surface area contributed by atoms with Crippen LogP contribution in [0.3, 0.4) is 0 Å². The maximum absolute atomic E-state index is 13.3. The summed E-state index contributed by atoms with van der Waals surface area (Å²) in [5.74, 6) is -0.359. The quantitative estimate of drug-likeness (QED) is 0.0720. The Balaban J connectivity index is 0.862. The van der Waals surface area contributed by atoms with Crippen LogP contribution in [0, 0.1) is 19.8 Å². The lowest BCUT2D eigenvalue weighted by atomic mass is 9.97. The first-order valence-corrected chi connectivity index (χ1v) is 20.8. The molecule has 3 saturated heterocycles. The number of aliphatic hydroxyl groups is 1. The highest BCUT2D eigenvalue weighted by atomic mass is 16.3. The summed E-state index contributed by atoms with van der Waals surface area (Å²) in [6, 6.07) is 15.8. The molecule has 322 valence electrons. The van der Waals surface area contributed by atoms with E-state index in [4.69, 9.17) is 4.98 Å². The van der Waals surface area contributed by atoms with Crippen molar-refractivity contribution in [2.24, 2.45) is 5.92 Å². The highest BCUT2D eigenvalue weighted by molar-refractivity contribution is 6.23. The standard InChI is InChI=1S/C45H51N11O6/c1-6-16-54(27-57)56(38-9-7-8-37(48-38)45(4,5)62)40-29(3)23-46-44(50-40)47-31-10-13-35(28(2)21-31)52-19-17-51(18-20-52)24-30-25-53(26-30)32-11-12-33-34(22-32)43(61)55(42(33)60)36-14-15-39(58)49-41(36)59/h6-13,21-23,27,30,36,62H,1,14-20,24-26H2,2-5H3,(H,46,47,50)(H,49,58,59). The maximum Gasteiger partial charge on any atom is 0.262 e. The SMILES string of the molecule is C=CCN(C=O)N(c1cccc(C(C)(C)O)n1)c1nc(Nc2ccc(N3CCN(CC4CN(c5ccc6c(c5)C(=O)N(C5CCC(=O)NC5=O)C6=O)C4)CC3)c(C)c2)ncc1C. The zero-order valence-corrected chi connectivity index (χ0v) is 35.4. The van der Waals surface area contributed by atoms with Gasteiger partial charge in [0, 0.05) is 87.0 Å². The molecule has 8 rings (SSSR count). The number of imide groups is 2. The van der Waals surface area contributed by atoms with Gasteiger partial charge in [-0.3, -0.25) is 39.1 Å². The summed E-state index contributed by atoms with van der Waals surface area (Å²) in [7, 11) is 0. The molecule has 6 heterocycles. The summed E-state index contributed by atoms with van der Waals surface area (Å²) < 4.78 is 0. The van der Waals surface area contributed by atoms with Crippen molar-refractivity contribution >= 4 is 64.7 Å². The van der Waals surface area contributed by atoms with Crippen molar-refractivity contribution < 1.29 is 29.1 Å². The minimum absolute atomic E-state index is 0.0847. The van der Waals surface area contributed by atoms with Crippen LogP contribution in [0.1, 0.15) is 64.2 Å². The Morgan fingerprint density at radius 1 is 0.935 bits per heavy atom. The molecule has 0 radical (unpaired) electrons. The second kappa shape index (κ2) is 17.0. The molecule has 3 N–H and O–H groups in total. The van der Waals surface area contributed by atoms with Gasteiger partial charge in [-0.2, -0.15) is 4.98 Å². The molecule has 2 aromatic carbocycles. The third-order valence-electron chi connectivity index (χ3n) is 11.8. The number of nitrogens with zero attached hydrogens (tertiary/aromatic N) is 9. The lowest BCUT2D eigenvalue weighted by Gasteiger charge is -2.45. The van der Waals surface area contributed by atoms with E-state index >= 15 is 0 Å². The van der Waals surface area contributed by atoms with Gasteiger partial charge in [0.05, 0.1) is 23.4 Å². The van der Waals surface area contributed by atoms with Gasteiger partial charge in [-0.05, 0) is 88.2 Å². The van der Waals surface area contributed by atoms with Crippen LogP contribution in [0.5, 0.6) is 0 Å². The Hall–Kier alpha value is -6.72. The van der Waals surface area contributed by atoms with Gasteiger partial charge in [0.2, 0.25) is 24.2 Å². The molecule has 5 amide bonds. The molecule has 3 fully saturated rings. The molecule has 0 spiro atoms. The molecule has 2 aromatic heterocycles. The van der Waals surface area contributed by atoms with Crippen LogP contribution < -0.4 is 25.4 Å². The third-order valence-corrected chi connectivity index (χ3v) is 11.8. The number of carbonyl (C=O) groups excluding carboxylic acids is 5. The van der Waals surface area contributed by atoms with Crippen LogP contribution in [0.25, 0.3) is 0 Å². The average Bonchev–Trinajstić information content (AvgIpc) is 3.47. The van der Waals surface area contributed by atoms with E-state index in [0.717, 1.165) is 73.3 Å². The molecule has 0 bridgehead atoms. The summed E-state index contributed by atoms with van der Waals surface area (Å²) in [4.78, 5) is 85.1. The molecule has 62 heavy (non-hydrogen) atoms. The first-order chi connectivity index (χ1) is 29.7. The number of hydrogen-bond donors (Lipinski definition) is 3. The fraction of sp³-hybridized carbons (Fsp3) is 0.378. The molecule has 1 atom stereocenters. The van der Waals surface area contributed by atoms with Gasteiger partial charge < -0.3 is 20.2 Å². The largest absolute Gasteiger partial charge is 0.384 e. The number of anilines is 6. The predicted octanol–water partition coefficient (Wildman–Crippen LogP) is 3.82. The maximum atomic E-state index is 13.3. The van der Waals surface area contributed by atoms with E-state index in [9.17, 15) is 29.1 Å². The Morgan fingerprint density at radius 3 is 2.39 bits per heavy atom. The minimum Gasteiger partial charge on any atom is -0.384 e. The van der Waals surface area contributed by atoms with Gasteiger partial charge >= 0.3 is 0 Å². The second-order valence-electron chi connectivity index (χ2n) is 16.8. The lowest BCUT2D eigenvalue weighted by Crippen LogP contribution is -2.55. The number of amides is 5. The Morgan fingerprint density at radius 2 is 1.69 bits per heavy atom. The van der Waals surface area contributed by atoms with E-state index < -0.39 is 35.3 Å². The Labute approximate surface area is 360 Å². The number of aromatic nitrogens is 3. The number of pyridine rings is 1. The molecule has 4 aromatic rings. The molecule has 17 heteroatoms. The highest BCUT2D eigenvalue weighted by Crippen LogP contribution is 2.35. The first-order valence-electron chi connectivity index (χ1n) is 20.8. The number of aryl methyl sites for hydroxylation is 2. The van der Waals surface area contributed by atoms with Crippen LogP contribution in [-0.4, -0.2) is 123 Å². The van der Waals surface area contributed by atoms with Crippen LogP contribution >= 0.6 is 0 Å². The van der Waals surface area contributed by atoms with Gasteiger partial charge in [0.1, 0.15) is 11.6 Å². The van der Waals surface area contributed by atoms with Gasteiger partial charge in [0.25, 0.3) is 11.8 Å². The number of piperazine rings is 1. The molecule has 17 nitrogen and oxygen atoms in total. The molecule has 1 unspecified atom stereocenters. The number of fused-ring (bicyclic) bond motifs is 1. The van der Waals surface area contributed by atoms with E-state index in [1.54, 1.807) is 61.5 Å². The van der Waals surface area contributed by atoms with Gasteiger partial charge in [-0.1, -0.05) is 12.1 Å². The van der Waals surface area contributed by atoms with Crippen molar-refractivity contribution in [2.75, 3.05) is 72.5 Å². The van der Waals surface area contributed by atoms with Crippen molar-refractivity contribution in [1.29, 1.82) is 0 Å². The van der Waals surface area contributed by atoms with E-state index in [-0.39, 0.29) is 24.9 Å². The zero-order chi connectivity index (χ0) is 43.9. The number of piperidine rings is 1. The van der Waals surface area contributed by atoms with Crippen molar-refractivity contribution in [3.8, 4) is 0 Å². The van der Waals surface area contributed by atoms with E-state index in [0.29, 0.717) is 46.7 Å². The fourth-order valence-corrected chi connectivity index (χ4v) is 8.56. The minimum atomic E-state index is -1.20. The highest BCUT2D eigenvalue weighted by Gasteiger charge is 2.45. The number of nitrogens with one attached hydrogen (secondary N) is 2. The summed E-state index contributed by atoms with van der Waals surface area (Å²) in [5, 5.41) is 19.3. The number of rotatable bonds is 14. The van der Waals surface area contributed by atoms with E-state index in [1.165, 1.54) is 5.01 Å². The van der Waals surface area contributed by atoms with Crippen molar-refractivity contribution in [2.45, 2.75) is 52.2 Å². The molecule has 4 aliphatic rings. The topological polar surface area (TPSA) is 188 Å². The van der Waals surface area contributed by atoms with E-state index in [2.05, 4.69) is 60.9 Å². The van der Waals surface area contributed by atoms with Crippen molar-refractivity contribution in [3.63, 3.8) is 0 Å². The number of hydrogen-bond acceptors (Lipinski definition) is 14. The van der Waals surface area contributed by atoms with Crippen molar-refractivity contribution in [3.05, 3.63) is 101 Å². The second-order valence-corrected chi connectivity index (χ2v) is 16.8. The fourth-order valence-electron chi connectivity index (χ4n) is 8.56. The van der Waals surface area contributed by atoms with Gasteiger partial charge in [0.15, 0.2) is 11.6 Å². The van der Waals surface area contributed by atoms with Gasteiger partial charge in [-0.25, -0.2) is 20.0 Å². The normalized spacial score (nSPS) is 18.3. The Kier molecular flexibility index (Phi) is 11.5. The number of hydrazine groups is 1. The van der Waals surface area contributed by atoms with Crippen molar-refractivity contribution in [1.82, 2.24) is 35.1 Å². The van der Waals surface area contributed by atoms with Crippen LogP contribution in [0.15, 0.2) is 73.4 Å². The molecular weight excluding hydrogens is 791 g/mol. The number of benzene rings is 2. The summed E-state index contributed by atoms with van der Waals surface area (Å²) in [5.41, 5.74) is 4.48. The van der Waals surface area contributed by atoms with Crippen LogP contribution in [0.4, 0.5) is 34.6 Å². The zero-order valence-electron chi connectivity index (χ0n) is 35.4. The molecule has 0 aliphatic carbocycles. The average molecular weight is 842 g/mol. The number of carbonyl (C=O) groups is 5.